The first kappa shape index (κ1) is 19.4. The standard InChI is InChI=1S/C16H26N2O5/c1-4-18(9-12(2)8-17)15(19)11-23-16(20)13(3)22-10-14-6-5-7-21-14/h12-14H,4-7,9-11H2,1-3H3. The summed E-state index contributed by atoms with van der Waals surface area (Å²) in [4.78, 5) is 25.3. The number of hydrogen-bond donors (Lipinski definition) is 0. The van der Waals surface area contributed by atoms with Gasteiger partial charge in [0.1, 0.15) is 0 Å². The zero-order valence-electron chi connectivity index (χ0n) is 14.1. The van der Waals surface area contributed by atoms with Gasteiger partial charge in [0.15, 0.2) is 12.7 Å². The predicted octanol–water partition coefficient (Wildman–Crippen LogP) is 1.12. The maximum atomic E-state index is 12.0. The van der Waals surface area contributed by atoms with Crippen LogP contribution in [0.1, 0.15) is 33.6 Å². The number of carbonyl (C=O) groups excluding carboxylic acids is 2. The van der Waals surface area contributed by atoms with E-state index in [0.29, 0.717) is 19.7 Å². The quantitative estimate of drug-likeness (QED) is 0.590. The Labute approximate surface area is 137 Å². The lowest BCUT2D eigenvalue weighted by Crippen LogP contribution is -2.38. The zero-order chi connectivity index (χ0) is 17.2. The van der Waals surface area contributed by atoms with E-state index in [4.69, 9.17) is 19.5 Å². The second-order valence-corrected chi connectivity index (χ2v) is 5.68. The van der Waals surface area contributed by atoms with E-state index in [1.807, 2.05) is 6.92 Å². The van der Waals surface area contributed by atoms with Crippen LogP contribution in [0.15, 0.2) is 0 Å². The minimum Gasteiger partial charge on any atom is -0.454 e. The number of nitriles is 1. The van der Waals surface area contributed by atoms with Crippen LogP contribution in [0.3, 0.4) is 0 Å². The Morgan fingerprint density at radius 3 is 2.74 bits per heavy atom. The monoisotopic (exact) mass is 326 g/mol. The molecule has 0 spiro atoms. The third-order valence-electron chi connectivity index (χ3n) is 3.67. The molecule has 1 rings (SSSR count). The average molecular weight is 326 g/mol. The van der Waals surface area contributed by atoms with Gasteiger partial charge in [-0.15, -0.1) is 0 Å². The molecule has 0 aromatic carbocycles. The molecule has 0 N–H and O–H groups in total. The van der Waals surface area contributed by atoms with Crippen molar-refractivity contribution in [3.8, 4) is 6.07 Å². The average Bonchev–Trinajstić information content (AvgIpc) is 3.07. The predicted molar refractivity (Wildman–Crippen MR) is 82.4 cm³/mol. The fraction of sp³-hybridized carbons (Fsp3) is 0.812. The van der Waals surface area contributed by atoms with Gasteiger partial charge in [0.05, 0.1) is 24.7 Å². The summed E-state index contributed by atoms with van der Waals surface area (Å²) in [5.41, 5.74) is 0. The lowest BCUT2D eigenvalue weighted by atomic mass is 10.2. The van der Waals surface area contributed by atoms with Crippen molar-refractivity contribution in [1.82, 2.24) is 4.90 Å². The molecular formula is C16H26N2O5. The zero-order valence-corrected chi connectivity index (χ0v) is 14.1. The molecule has 1 aliphatic heterocycles. The van der Waals surface area contributed by atoms with E-state index in [9.17, 15) is 9.59 Å². The molecule has 1 heterocycles. The van der Waals surface area contributed by atoms with E-state index < -0.39 is 12.1 Å². The van der Waals surface area contributed by atoms with Gasteiger partial charge in [0.25, 0.3) is 5.91 Å². The first-order valence-electron chi connectivity index (χ1n) is 8.05. The van der Waals surface area contributed by atoms with Crippen molar-refractivity contribution < 1.29 is 23.8 Å². The van der Waals surface area contributed by atoms with Gasteiger partial charge in [-0.2, -0.15) is 5.26 Å². The minimum absolute atomic E-state index is 0.0370. The molecule has 1 fully saturated rings. The third kappa shape index (κ3) is 6.97. The first-order valence-corrected chi connectivity index (χ1v) is 8.05. The molecule has 23 heavy (non-hydrogen) atoms. The molecule has 7 heteroatoms. The maximum absolute atomic E-state index is 12.0. The molecule has 3 unspecified atom stereocenters. The Hall–Kier alpha value is -1.65. The SMILES string of the molecule is CCN(CC(C)C#N)C(=O)COC(=O)C(C)OCC1CCCO1. The summed E-state index contributed by atoms with van der Waals surface area (Å²) in [6.07, 6.45) is 1.24. The first-order chi connectivity index (χ1) is 11.0. The van der Waals surface area contributed by atoms with Crippen molar-refractivity contribution in [2.24, 2.45) is 5.92 Å². The second kappa shape index (κ2) is 10.2. The third-order valence-corrected chi connectivity index (χ3v) is 3.67. The van der Waals surface area contributed by atoms with Crippen LogP contribution in [0, 0.1) is 17.2 Å². The summed E-state index contributed by atoms with van der Waals surface area (Å²) in [6.45, 7) is 6.69. The molecule has 0 aliphatic carbocycles. The number of likely N-dealkylation sites (N-methyl/N-ethyl adjacent to an activating group) is 1. The Kier molecular flexibility index (Phi) is 8.59. The summed E-state index contributed by atoms with van der Waals surface area (Å²) in [5, 5.41) is 8.80. The number of rotatable bonds is 9. The van der Waals surface area contributed by atoms with E-state index in [0.717, 1.165) is 19.4 Å². The van der Waals surface area contributed by atoms with Crippen LogP contribution in [0.25, 0.3) is 0 Å². The van der Waals surface area contributed by atoms with Crippen molar-refractivity contribution in [3.05, 3.63) is 0 Å². The van der Waals surface area contributed by atoms with Gasteiger partial charge >= 0.3 is 5.97 Å². The smallest absolute Gasteiger partial charge is 0.335 e. The van der Waals surface area contributed by atoms with Gasteiger partial charge in [-0.1, -0.05) is 0 Å². The van der Waals surface area contributed by atoms with Gasteiger partial charge in [0, 0.05) is 19.7 Å². The highest BCUT2D eigenvalue weighted by Crippen LogP contribution is 2.13. The summed E-state index contributed by atoms with van der Waals surface area (Å²) in [6, 6.07) is 2.08. The Balaban J connectivity index is 2.29. The molecule has 3 atom stereocenters. The highest BCUT2D eigenvalue weighted by Gasteiger charge is 2.22. The molecule has 1 amide bonds. The van der Waals surface area contributed by atoms with Crippen LogP contribution in [-0.4, -0.2) is 61.9 Å². The number of amides is 1. The van der Waals surface area contributed by atoms with Crippen LogP contribution in [-0.2, 0) is 23.8 Å². The van der Waals surface area contributed by atoms with Crippen LogP contribution in [0.5, 0.6) is 0 Å². The molecule has 1 saturated heterocycles. The van der Waals surface area contributed by atoms with E-state index in [1.54, 1.807) is 13.8 Å². The van der Waals surface area contributed by atoms with Crippen LogP contribution >= 0.6 is 0 Å². The number of carbonyl (C=O) groups is 2. The van der Waals surface area contributed by atoms with Crippen molar-refractivity contribution in [2.45, 2.75) is 45.8 Å². The van der Waals surface area contributed by atoms with Crippen molar-refractivity contribution in [3.63, 3.8) is 0 Å². The normalized spacial score (nSPS) is 19.7. The molecule has 0 saturated carbocycles. The van der Waals surface area contributed by atoms with E-state index in [2.05, 4.69) is 6.07 Å². The Morgan fingerprint density at radius 2 is 2.17 bits per heavy atom. The van der Waals surface area contributed by atoms with Gasteiger partial charge < -0.3 is 19.1 Å². The molecule has 7 nitrogen and oxygen atoms in total. The van der Waals surface area contributed by atoms with Crippen molar-refractivity contribution >= 4 is 11.9 Å². The van der Waals surface area contributed by atoms with Gasteiger partial charge in [0.2, 0.25) is 0 Å². The molecule has 0 aromatic rings. The number of hydrogen-bond acceptors (Lipinski definition) is 6. The van der Waals surface area contributed by atoms with Crippen LogP contribution in [0.2, 0.25) is 0 Å². The topological polar surface area (TPSA) is 88.9 Å². The fourth-order valence-corrected chi connectivity index (χ4v) is 2.22. The van der Waals surface area contributed by atoms with Crippen LogP contribution < -0.4 is 0 Å². The molecule has 0 bridgehead atoms. The molecule has 130 valence electrons. The number of ether oxygens (including phenoxy) is 3. The summed E-state index contributed by atoms with van der Waals surface area (Å²) < 4.78 is 15.8. The maximum Gasteiger partial charge on any atom is 0.335 e. The van der Waals surface area contributed by atoms with Crippen LogP contribution in [0.4, 0.5) is 0 Å². The number of nitrogens with zero attached hydrogens (tertiary/aromatic N) is 2. The largest absolute Gasteiger partial charge is 0.454 e. The molecule has 0 radical (unpaired) electrons. The lowest BCUT2D eigenvalue weighted by molar-refractivity contribution is -0.162. The summed E-state index contributed by atoms with van der Waals surface area (Å²) in [7, 11) is 0. The highest BCUT2D eigenvalue weighted by atomic mass is 16.6. The fourth-order valence-electron chi connectivity index (χ4n) is 2.22. The summed E-state index contributed by atoms with van der Waals surface area (Å²) in [5.74, 6) is -1.14. The second-order valence-electron chi connectivity index (χ2n) is 5.68. The number of esters is 1. The summed E-state index contributed by atoms with van der Waals surface area (Å²) >= 11 is 0. The van der Waals surface area contributed by atoms with E-state index in [-0.39, 0.29) is 24.5 Å². The molecular weight excluding hydrogens is 300 g/mol. The van der Waals surface area contributed by atoms with Gasteiger partial charge in [-0.3, -0.25) is 4.79 Å². The highest BCUT2D eigenvalue weighted by molar-refractivity contribution is 5.82. The lowest BCUT2D eigenvalue weighted by Gasteiger charge is -2.22. The van der Waals surface area contributed by atoms with Crippen molar-refractivity contribution in [1.29, 1.82) is 5.26 Å². The Bertz CT molecular complexity index is 429. The Morgan fingerprint density at radius 1 is 1.43 bits per heavy atom. The molecule has 1 aliphatic rings. The molecule has 0 aromatic heterocycles. The van der Waals surface area contributed by atoms with E-state index >= 15 is 0 Å². The minimum atomic E-state index is -0.736. The van der Waals surface area contributed by atoms with Gasteiger partial charge in [-0.05, 0) is 33.6 Å². The van der Waals surface area contributed by atoms with E-state index in [1.165, 1.54) is 4.90 Å². The van der Waals surface area contributed by atoms with Crippen molar-refractivity contribution in [2.75, 3.05) is 32.9 Å². The van der Waals surface area contributed by atoms with Gasteiger partial charge in [-0.25, -0.2) is 4.79 Å².